The van der Waals surface area contributed by atoms with E-state index in [1.807, 2.05) is 24.3 Å². The SMILES string of the molecule is COc1ccccc1Cc1ccccc1S(N)(=O)=O. The molecule has 0 bridgehead atoms. The molecule has 0 aliphatic carbocycles. The molecule has 2 N–H and O–H groups in total. The quantitative estimate of drug-likeness (QED) is 0.928. The van der Waals surface area contributed by atoms with E-state index in [4.69, 9.17) is 9.88 Å². The summed E-state index contributed by atoms with van der Waals surface area (Å²) in [4.78, 5) is 0.154. The fourth-order valence-electron chi connectivity index (χ4n) is 1.98. The first-order valence-corrected chi connectivity index (χ1v) is 7.29. The first-order chi connectivity index (χ1) is 9.02. The highest BCUT2D eigenvalue weighted by Gasteiger charge is 2.14. The van der Waals surface area contributed by atoms with Crippen molar-refractivity contribution < 1.29 is 13.2 Å². The van der Waals surface area contributed by atoms with Crippen LogP contribution in [0.1, 0.15) is 11.1 Å². The molecule has 100 valence electrons. The van der Waals surface area contributed by atoms with Crippen molar-refractivity contribution in [1.82, 2.24) is 0 Å². The lowest BCUT2D eigenvalue weighted by Crippen LogP contribution is -2.14. The van der Waals surface area contributed by atoms with E-state index in [2.05, 4.69) is 0 Å². The van der Waals surface area contributed by atoms with E-state index < -0.39 is 10.0 Å². The van der Waals surface area contributed by atoms with Gasteiger partial charge < -0.3 is 4.74 Å². The summed E-state index contributed by atoms with van der Waals surface area (Å²) >= 11 is 0. The zero-order chi connectivity index (χ0) is 13.9. The van der Waals surface area contributed by atoms with Crippen LogP contribution in [0.2, 0.25) is 0 Å². The molecule has 0 saturated heterocycles. The van der Waals surface area contributed by atoms with E-state index in [-0.39, 0.29) is 4.90 Å². The Kier molecular flexibility index (Phi) is 3.87. The van der Waals surface area contributed by atoms with Crippen LogP contribution in [0, 0.1) is 0 Å². The van der Waals surface area contributed by atoms with Gasteiger partial charge in [0.25, 0.3) is 0 Å². The van der Waals surface area contributed by atoms with Crippen molar-refractivity contribution >= 4 is 10.0 Å². The molecule has 5 heteroatoms. The topological polar surface area (TPSA) is 69.4 Å². The second kappa shape index (κ2) is 5.42. The highest BCUT2D eigenvalue weighted by Crippen LogP contribution is 2.24. The van der Waals surface area contributed by atoms with E-state index >= 15 is 0 Å². The predicted molar refractivity (Wildman–Crippen MR) is 73.6 cm³/mol. The number of ether oxygens (including phenoxy) is 1. The molecule has 0 amide bonds. The molecule has 2 aromatic carbocycles. The van der Waals surface area contributed by atoms with Crippen molar-refractivity contribution in [1.29, 1.82) is 0 Å². The van der Waals surface area contributed by atoms with E-state index in [9.17, 15) is 8.42 Å². The van der Waals surface area contributed by atoms with Gasteiger partial charge in [0.1, 0.15) is 5.75 Å². The summed E-state index contributed by atoms with van der Waals surface area (Å²) in [5.74, 6) is 0.728. The standard InChI is InChI=1S/C14H15NO3S/c1-18-13-8-4-2-6-11(13)10-12-7-3-5-9-14(12)19(15,16)17/h2-9H,10H2,1H3,(H2,15,16,17). The van der Waals surface area contributed by atoms with Crippen molar-refractivity contribution in [2.24, 2.45) is 5.14 Å². The Morgan fingerprint density at radius 1 is 1.00 bits per heavy atom. The lowest BCUT2D eigenvalue weighted by Gasteiger charge is -2.10. The van der Waals surface area contributed by atoms with Gasteiger partial charge in [-0.15, -0.1) is 0 Å². The van der Waals surface area contributed by atoms with Gasteiger partial charge in [-0.3, -0.25) is 0 Å². The molecule has 4 nitrogen and oxygen atoms in total. The molecule has 0 radical (unpaired) electrons. The van der Waals surface area contributed by atoms with Gasteiger partial charge in [-0.25, -0.2) is 13.6 Å². The monoisotopic (exact) mass is 277 g/mol. The lowest BCUT2D eigenvalue weighted by atomic mass is 10.0. The zero-order valence-corrected chi connectivity index (χ0v) is 11.4. The van der Waals surface area contributed by atoms with Crippen LogP contribution in [-0.4, -0.2) is 15.5 Å². The van der Waals surface area contributed by atoms with Crippen LogP contribution >= 0.6 is 0 Å². The van der Waals surface area contributed by atoms with Crippen LogP contribution in [-0.2, 0) is 16.4 Å². The van der Waals surface area contributed by atoms with Crippen LogP contribution < -0.4 is 9.88 Å². The van der Waals surface area contributed by atoms with Gasteiger partial charge >= 0.3 is 0 Å². The molecule has 2 rings (SSSR count). The number of hydrogen-bond acceptors (Lipinski definition) is 3. The minimum atomic E-state index is -3.71. The molecule has 19 heavy (non-hydrogen) atoms. The molecule has 0 aliphatic heterocycles. The Hall–Kier alpha value is -1.85. The molecule has 0 unspecified atom stereocenters. The summed E-state index contributed by atoms with van der Waals surface area (Å²) in [5.41, 5.74) is 1.58. The molecule has 0 aromatic heterocycles. The average Bonchev–Trinajstić information content (AvgIpc) is 2.39. The lowest BCUT2D eigenvalue weighted by molar-refractivity contribution is 0.410. The Morgan fingerprint density at radius 2 is 1.58 bits per heavy atom. The summed E-state index contributed by atoms with van der Waals surface area (Å²) in [6, 6.07) is 14.2. The summed E-state index contributed by atoms with van der Waals surface area (Å²) < 4.78 is 28.4. The van der Waals surface area contributed by atoms with E-state index in [1.54, 1.807) is 25.3 Å². The summed E-state index contributed by atoms with van der Waals surface area (Å²) in [6.45, 7) is 0. The van der Waals surface area contributed by atoms with Gasteiger partial charge in [-0.2, -0.15) is 0 Å². The van der Waals surface area contributed by atoms with E-state index in [1.165, 1.54) is 6.07 Å². The van der Waals surface area contributed by atoms with Gasteiger partial charge in [0.2, 0.25) is 10.0 Å². The molecule has 0 saturated carbocycles. The first kappa shape index (κ1) is 13.6. The molecule has 0 fully saturated rings. The van der Waals surface area contributed by atoms with Crippen molar-refractivity contribution in [3.05, 3.63) is 59.7 Å². The second-order valence-corrected chi connectivity index (χ2v) is 5.67. The molecular weight excluding hydrogens is 262 g/mol. The Morgan fingerprint density at radius 3 is 2.21 bits per heavy atom. The Labute approximate surface area is 112 Å². The molecule has 0 heterocycles. The van der Waals surface area contributed by atoms with Gasteiger partial charge in [0.05, 0.1) is 12.0 Å². The highest BCUT2D eigenvalue weighted by molar-refractivity contribution is 7.89. The minimum absolute atomic E-state index is 0.154. The zero-order valence-electron chi connectivity index (χ0n) is 10.5. The van der Waals surface area contributed by atoms with Gasteiger partial charge in [0.15, 0.2) is 0 Å². The van der Waals surface area contributed by atoms with Crippen LogP contribution in [0.3, 0.4) is 0 Å². The maximum Gasteiger partial charge on any atom is 0.238 e. The smallest absolute Gasteiger partial charge is 0.238 e. The fourth-order valence-corrected chi connectivity index (χ4v) is 2.76. The number of para-hydroxylation sites is 1. The third kappa shape index (κ3) is 3.13. The fraction of sp³-hybridized carbons (Fsp3) is 0.143. The maximum absolute atomic E-state index is 11.5. The molecule has 0 spiro atoms. The van der Waals surface area contributed by atoms with Crippen LogP contribution in [0.5, 0.6) is 5.75 Å². The number of benzene rings is 2. The average molecular weight is 277 g/mol. The largest absolute Gasteiger partial charge is 0.496 e. The van der Waals surface area contributed by atoms with Crippen molar-refractivity contribution in [3.63, 3.8) is 0 Å². The summed E-state index contributed by atoms with van der Waals surface area (Å²) in [5, 5.41) is 5.22. The normalized spacial score (nSPS) is 11.3. The van der Waals surface area contributed by atoms with Crippen LogP contribution in [0.25, 0.3) is 0 Å². The summed E-state index contributed by atoms with van der Waals surface area (Å²) in [7, 11) is -2.13. The number of methoxy groups -OCH3 is 1. The Bertz CT molecular complexity index is 681. The first-order valence-electron chi connectivity index (χ1n) is 5.75. The van der Waals surface area contributed by atoms with Gasteiger partial charge in [0, 0.05) is 6.42 Å². The number of rotatable bonds is 4. The van der Waals surface area contributed by atoms with Crippen molar-refractivity contribution in [2.45, 2.75) is 11.3 Å². The number of sulfonamides is 1. The van der Waals surface area contributed by atoms with Gasteiger partial charge in [-0.1, -0.05) is 36.4 Å². The van der Waals surface area contributed by atoms with E-state index in [0.717, 1.165) is 11.3 Å². The van der Waals surface area contributed by atoms with Crippen LogP contribution in [0.15, 0.2) is 53.4 Å². The van der Waals surface area contributed by atoms with E-state index in [0.29, 0.717) is 12.0 Å². The molecule has 0 aliphatic rings. The Balaban J connectivity index is 2.45. The van der Waals surface area contributed by atoms with Crippen molar-refractivity contribution in [3.8, 4) is 5.75 Å². The maximum atomic E-state index is 11.5. The number of nitrogens with two attached hydrogens (primary N) is 1. The summed E-state index contributed by atoms with van der Waals surface area (Å²) in [6.07, 6.45) is 0.455. The van der Waals surface area contributed by atoms with Crippen LogP contribution in [0.4, 0.5) is 0 Å². The minimum Gasteiger partial charge on any atom is -0.496 e. The van der Waals surface area contributed by atoms with Crippen molar-refractivity contribution in [2.75, 3.05) is 7.11 Å². The number of hydrogen-bond donors (Lipinski definition) is 1. The number of primary sulfonamides is 1. The molecular formula is C14H15NO3S. The molecule has 0 atom stereocenters. The van der Waals surface area contributed by atoms with Gasteiger partial charge in [-0.05, 0) is 23.3 Å². The predicted octanol–water partition coefficient (Wildman–Crippen LogP) is 1.93. The second-order valence-electron chi connectivity index (χ2n) is 4.14. The highest BCUT2D eigenvalue weighted by atomic mass is 32.2. The third-order valence-corrected chi connectivity index (χ3v) is 3.86. The molecule has 2 aromatic rings. The third-order valence-electron chi connectivity index (χ3n) is 2.85.